The lowest BCUT2D eigenvalue weighted by atomic mass is 10.1. The number of amides is 1. The molecule has 1 amide bonds. The normalized spacial score (nSPS) is 14.1. The largest absolute Gasteiger partial charge is 0.494 e. The maximum absolute atomic E-state index is 12.4. The Morgan fingerprint density at radius 2 is 1.71 bits per heavy atom. The highest BCUT2D eigenvalue weighted by atomic mass is 32.2. The van der Waals surface area contributed by atoms with Crippen LogP contribution >= 0.6 is 0 Å². The van der Waals surface area contributed by atoms with E-state index in [-0.39, 0.29) is 17.9 Å². The predicted octanol–water partition coefficient (Wildman–Crippen LogP) is 2.40. The number of hydrogen-bond acceptors (Lipinski definition) is 4. The summed E-state index contributed by atoms with van der Waals surface area (Å²) in [5, 5.41) is 2.86. The SMILES string of the molecule is CCOc1ccc(N([C@H](C)C(=O)N[C@H](C)C(C)C)S(C)(=O)=O)cc1. The zero-order valence-electron chi connectivity index (χ0n) is 15.2. The summed E-state index contributed by atoms with van der Waals surface area (Å²) in [6.45, 7) is 9.88. The topological polar surface area (TPSA) is 75.7 Å². The van der Waals surface area contributed by atoms with Crippen molar-refractivity contribution in [2.24, 2.45) is 5.92 Å². The lowest BCUT2D eigenvalue weighted by molar-refractivity contribution is -0.122. The van der Waals surface area contributed by atoms with Crippen molar-refractivity contribution in [2.45, 2.75) is 46.7 Å². The molecule has 1 aromatic rings. The number of rotatable bonds is 8. The number of hydrogen-bond donors (Lipinski definition) is 1. The van der Waals surface area contributed by atoms with Crippen LogP contribution < -0.4 is 14.4 Å². The van der Waals surface area contributed by atoms with Crippen LogP contribution in [0.4, 0.5) is 5.69 Å². The first-order chi connectivity index (χ1) is 11.1. The van der Waals surface area contributed by atoms with Crippen molar-refractivity contribution in [1.82, 2.24) is 5.32 Å². The second-order valence-electron chi connectivity index (χ2n) is 6.20. The number of carbonyl (C=O) groups is 1. The second kappa shape index (κ2) is 8.37. The Kier molecular flexibility index (Phi) is 7.08. The zero-order chi connectivity index (χ0) is 18.5. The summed E-state index contributed by atoms with van der Waals surface area (Å²) in [5.74, 6) is 0.592. The van der Waals surface area contributed by atoms with Crippen LogP contribution in [0.2, 0.25) is 0 Å². The number of nitrogens with zero attached hydrogens (tertiary/aromatic N) is 1. The smallest absolute Gasteiger partial charge is 0.243 e. The lowest BCUT2D eigenvalue weighted by Gasteiger charge is -2.30. The van der Waals surface area contributed by atoms with E-state index in [1.807, 2.05) is 27.7 Å². The molecule has 0 spiro atoms. The Labute approximate surface area is 145 Å². The lowest BCUT2D eigenvalue weighted by Crippen LogP contribution is -2.50. The number of nitrogens with one attached hydrogen (secondary N) is 1. The first-order valence-electron chi connectivity index (χ1n) is 8.10. The summed E-state index contributed by atoms with van der Waals surface area (Å²) in [6, 6.07) is 5.78. The fourth-order valence-corrected chi connectivity index (χ4v) is 3.35. The van der Waals surface area contributed by atoms with Gasteiger partial charge in [0.05, 0.1) is 18.6 Å². The molecule has 0 bridgehead atoms. The number of ether oxygens (including phenoxy) is 1. The molecule has 0 saturated heterocycles. The Morgan fingerprint density at radius 3 is 2.12 bits per heavy atom. The Hall–Kier alpha value is -1.76. The molecule has 0 radical (unpaired) electrons. The van der Waals surface area contributed by atoms with Gasteiger partial charge in [0.2, 0.25) is 15.9 Å². The minimum Gasteiger partial charge on any atom is -0.494 e. The molecule has 0 heterocycles. The summed E-state index contributed by atoms with van der Waals surface area (Å²) in [7, 11) is -3.61. The molecule has 1 N–H and O–H groups in total. The van der Waals surface area contributed by atoms with Crippen molar-refractivity contribution >= 4 is 21.6 Å². The van der Waals surface area contributed by atoms with Crippen LogP contribution in [0.25, 0.3) is 0 Å². The highest BCUT2D eigenvalue weighted by Crippen LogP contribution is 2.24. The standard InChI is InChI=1S/C17H28N2O4S/c1-7-23-16-10-8-15(9-11-16)19(24(6,21)22)14(5)17(20)18-13(4)12(2)3/h8-14H,7H2,1-6H3,(H,18,20)/t13-,14-/m1/s1. The van der Waals surface area contributed by atoms with Crippen LogP contribution in [0.3, 0.4) is 0 Å². The minimum atomic E-state index is -3.61. The summed E-state index contributed by atoms with van der Waals surface area (Å²) in [6.07, 6.45) is 1.10. The Bertz CT molecular complexity index is 641. The third-order valence-corrected chi connectivity index (χ3v) is 5.10. The van der Waals surface area contributed by atoms with E-state index in [2.05, 4.69) is 5.32 Å². The average Bonchev–Trinajstić information content (AvgIpc) is 2.47. The van der Waals surface area contributed by atoms with E-state index in [1.54, 1.807) is 31.2 Å². The molecule has 0 unspecified atom stereocenters. The van der Waals surface area contributed by atoms with Gasteiger partial charge in [0.25, 0.3) is 0 Å². The number of sulfonamides is 1. The number of carbonyl (C=O) groups excluding carboxylic acids is 1. The monoisotopic (exact) mass is 356 g/mol. The van der Waals surface area contributed by atoms with Crippen LogP contribution in [0, 0.1) is 5.92 Å². The summed E-state index contributed by atoms with van der Waals surface area (Å²) in [4.78, 5) is 12.4. The Balaban J connectivity index is 3.07. The van der Waals surface area contributed by atoms with Gasteiger partial charge in [0, 0.05) is 6.04 Å². The van der Waals surface area contributed by atoms with Crippen LogP contribution in [-0.4, -0.2) is 39.3 Å². The third-order valence-electron chi connectivity index (χ3n) is 3.86. The van der Waals surface area contributed by atoms with E-state index < -0.39 is 16.1 Å². The van der Waals surface area contributed by atoms with Gasteiger partial charge in [-0.1, -0.05) is 13.8 Å². The molecule has 1 rings (SSSR count). The minimum absolute atomic E-state index is 0.0401. The van der Waals surface area contributed by atoms with E-state index >= 15 is 0 Å². The summed E-state index contributed by atoms with van der Waals surface area (Å²) < 4.78 is 30.9. The molecule has 6 nitrogen and oxygen atoms in total. The molecule has 0 aliphatic heterocycles. The van der Waals surface area contributed by atoms with E-state index in [1.165, 1.54) is 0 Å². The molecule has 24 heavy (non-hydrogen) atoms. The molecule has 0 aliphatic carbocycles. The van der Waals surface area contributed by atoms with Gasteiger partial charge in [-0.25, -0.2) is 8.42 Å². The maximum Gasteiger partial charge on any atom is 0.243 e. The van der Waals surface area contributed by atoms with Gasteiger partial charge in [-0.2, -0.15) is 0 Å². The molecule has 136 valence electrons. The van der Waals surface area contributed by atoms with Gasteiger partial charge in [0.1, 0.15) is 11.8 Å². The molecule has 0 aliphatic rings. The number of anilines is 1. The van der Waals surface area contributed by atoms with Gasteiger partial charge in [0.15, 0.2) is 0 Å². The maximum atomic E-state index is 12.4. The molecule has 0 saturated carbocycles. The Morgan fingerprint density at radius 1 is 1.17 bits per heavy atom. The van der Waals surface area contributed by atoms with E-state index in [4.69, 9.17) is 4.74 Å². The molecular formula is C17H28N2O4S. The molecule has 0 aromatic heterocycles. The molecule has 2 atom stereocenters. The van der Waals surface area contributed by atoms with Crippen LogP contribution in [-0.2, 0) is 14.8 Å². The van der Waals surface area contributed by atoms with Gasteiger partial charge in [-0.05, 0) is 51.0 Å². The fourth-order valence-electron chi connectivity index (χ4n) is 2.18. The van der Waals surface area contributed by atoms with Crippen molar-refractivity contribution in [3.8, 4) is 5.75 Å². The zero-order valence-corrected chi connectivity index (χ0v) is 16.1. The quantitative estimate of drug-likeness (QED) is 0.776. The van der Waals surface area contributed by atoms with Crippen molar-refractivity contribution in [3.05, 3.63) is 24.3 Å². The number of benzene rings is 1. The summed E-state index contributed by atoms with van der Waals surface area (Å²) >= 11 is 0. The van der Waals surface area contributed by atoms with Gasteiger partial charge >= 0.3 is 0 Å². The summed E-state index contributed by atoms with van der Waals surface area (Å²) in [5.41, 5.74) is 0.431. The molecule has 1 aromatic carbocycles. The van der Waals surface area contributed by atoms with Gasteiger partial charge in [-0.3, -0.25) is 9.10 Å². The van der Waals surface area contributed by atoms with E-state index in [0.717, 1.165) is 10.6 Å². The molecule has 0 fully saturated rings. The van der Waals surface area contributed by atoms with Crippen LogP contribution in [0.1, 0.15) is 34.6 Å². The van der Waals surface area contributed by atoms with Crippen molar-refractivity contribution in [1.29, 1.82) is 0 Å². The highest BCUT2D eigenvalue weighted by Gasteiger charge is 2.30. The highest BCUT2D eigenvalue weighted by molar-refractivity contribution is 7.92. The third kappa shape index (κ3) is 5.40. The predicted molar refractivity (Wildman–Crippen MR) is 96.8 cm³/mol. The van der Waals surface area contributed by atoms with Crippen LogP contribution in [0.15, 0.2) is 24.3 Å². The van der Waals surface area contributed by atoms with Crippen molar-refractivity contribution in [3.63, 3.8) is 0 Å². The van der Waals surface area contributed by atoms with Crippen LogP contribution in [0.5, 0.6) is 5.75 Å². The first-order valence-corrected chi connectivity index (χ1v) is 9.95. The van der Waals surface area contributed by atoms with Crippen molar-refractivity contribution < 1.29 is 17.9 Å². The van der Waals surface area contributed by atoms with E-state index in [9.17, 15) is 13.2 Å². The van der Waals surface area contributed by atoms with E-state index in [0.29, 0.717) is 18.0 Å². The fraction of sp³-hybridized carbons (Fsp3) is 0.588. The molecule has 7 heteroatoms. The van der Waals surface area contributed by atoms with Crippen molar-refractivity contribution in [2.75, 3.05) is 17.2 Å². The van der Waals surface area contributed by atoms with Gasteiger partial charge < -0.3 is 10.1 Å². The molecular weight excluding hydrogens is 328 g/mol. The second-order valence-corrected chi connectivity index (χ2v) is 8.06. The average molecular weight is 356 g/mol. The first kappa shape index (κ1) is 20.3. The van der Waals surface area contributed by atoms with Gasteiger partial charge in [-0.15, -0.1) is 0 Å².